The highest BCUT2D eigenvalue weighted by Crippen LogP contribution is 2.37. The standard InChI is InChI=1S/C58H54N2/c1-5-46(43-54(7-3)60(56-32-19-12-20-33-56)57-41-38-51(39-42-57)48-25-15-10-16-26-48)49-27-21-28-50(37-36-49)52-29-22-34-58(44-52)59(55-30-17-11-18-31-55)53(6-2)40-35-45(4)47-23-13-8-9-14-24-47/h5-8,10-27,29-35,37-44,49H,1-2,9,28,36H2,3-4H3/b45-35+,46-43+,53-40+,54-7+. The van der Waals surface area contributed by atoms with Gasteiger partial charge in [-0.1, -0.05) is 171 Å². The van der Waals surface area contributed by atoms with E-state index in [4.69, 9.17) is 0 Å². The second-order valence-electron chi connectivity index (χ2n) is 14.9. The molecule has 1 unspecified atom stereocenters. The van der Waals surface area contributed by atoms with E-state index in [2.05, 4.69) is 249 Å². The Hall–Kier alpha value is -7.16. The van der Waals surface area contributed by atoms with E-state index in [-0.39, 0.29) is 5.92 Å². The summed E-state index contributed by atoms with van der Waals surface area (Å²) in [5.74, 6) is 0.177. The maximum atomic E-state index is 4.32. The summed E-state index contributed by atoms with van der Waals surface area (Å²) >= 11 is 0. The minimum Gasteiger partial charge on any atom is -0.311 e. The van der Waals surface area contributed by atoms with Gasteiger partial charge in [0.2, 0.25) is 0 Å². The molecule has 5 aromatic rings. The van der Waals surface area contributed by atoms with Crippen LogP contribution in [0.3, 0.4) is 0 Å². The smallest absolute Gasteiger partial charge is 0.0467 e. The van der Waals surface area contributed by atoms with Crippen LogP contribution in [0.4, 0.5) is 22.7 Å². The molecule has 296 valence electrons. The molecule has 0 N–H and O–H groups in total. The van der Waals surface area contributed by atoms with Gasteiger partial charge in [-0.05, 0) is 139 Å². The van der Waals surface area contributed by atoms with Crippen LogP contribution in [0, 0.1) is 5.92 Å². The van der Waals surface area contributed by atoms with E-state index in [1.165, 1.54) is 39.0 Å². The van der Waals surface area contributed by atoms with Gasteiger partial charge in [-0.25, -0.2) is 0 Å². The molecule has 0 saturated heterocycles. The molecule has 0 heterocycles. The van der Waals surface area contributed by atoms with E-state index in [0.29, 0.717) is 0 Å². The summed E-state index contributed by atoms with van der Waals surface area (Å²) < 4.78 is 0. The predicted octanol–water partition coefficient (Wildman–Crippen LogP) is 16.2. The highest BCUT2D eigenvalue weighted by atomic mass is 15.2. The maximum Gasteiger partial charge on any atom is 0.0467 e. The van der Waals surface area contributed by atoms with Crippen LogP contribution in [0.2, 0.25) is 0 Å². The fraction of sp³-hybridized carbons (Fsp3) is 0.103. The monoisotopic (exact) mass is 778 g/mol. The molecular weight excluding hydrogens is 725 g/mol. The number of benzene rings is 5. The summed E-state index contributed by atoms with van der Waals surface area (Å²) in [5, 5.41) is 0. The zero-order valence-electron chi connectivity index (χ0n) is 34.9. The summed E-state index contributed by atoms with van der Waals surface area (Å²) in [6.45, 7) is 12.9. The lowest BCUT2D eigenvalue weighted by molar-refractivity contribution is 0.798. The van der Waals surface area contributed by atoms with Crippen molar-refractivity contribution in [1.29, 1.82) is 0 Å². The molecule has 1 atom stereocenters. The first-order valence-corrected chi connectivity index (χ1v) is 20.9. The molecule has 0 spiro atoms. The molecule has 7 rings (SSSR count). The molecule has 0 amide bonds. The van der Waals surface area contributed by atoms with Gasteiger partial charge in [0.25, 0.3) is 0 Å². The van der Waals surface area contributed by atoms with Crippen molar-refractivity contribution in [2.75, 3.05) is 9.80 Å². The number of para-hydroxylation sites is 2. The Labute approximate surface area is 358 Å². The number of allylic oxidation sites excluding steroid dienone is 18. The van der Waals surface area contributed by atoms with Crippen molar-refractivity contribution in [3.8, 4) is 11.1 Å². The van der Waals surface area contributed by atoms with E-state index in [0.717, 1.165) is 53.4 Å². The van der Waals surface area contributed by atoms with Crippen LogP contribution >= 0.6 is 0 Å². The summed E-state index contributed by atoms with van der Waals surface area (Å²) in [7, 11) is 0. The minimum absolute atomic E-state index is 0.177. The summed E-state index contributed by atoms with van der Waals surface area (Å²) in [6, 6.07) is 49.4. The molecule has 2 heteroatoms. The van der Waals surface area contributed by atoms with E-state index in [9.17, 15) is 0 Å². The van der Waals surface area contributed by atoms with Gasteiger partial charge < -0.3 is 9.80 Å². The number of rotatable bonds is 14. The van der Waals surface area contributed by atoms with Crippen LogP contribution in [-0.4, -0.2) is 0 Å². The minimum atomic E-state index is 0.177. The van der Waals surface area contributed by atoms with E-state index in [1.807, 2.05) is 12.2 Å². The second kappa shape index (κ2) is 20.5. The van der Waals surface area contributed by atoms with Crippen LogP contribution in [0.15, 0.2) is 266 Å². The fourth-order valence-electron chi connectivity index (χ4n) is 7.75. The van der Waals surface area contributed by atoms with Crippen molar-refractivity contribution >= 4 is 28.3 Å². The van der Waals surface area contributed by atoms with Crippen molar-refractivity contribution in [2.45, 2.75) is 33.1 Å². The van der Waals surface area contributed by atoms with Crippen molar-refractivity contribution < 1.29 is 0 Å². The first kappa shape index (κ1) is 41.0. The zero-order chi connectivity index (χ0) is 41.5. The number of nitrogens with zero attached hydrogens (tertiary/aromatic N) is 2. The third kappa shape index (κ3) is 10.1. The molecule has 2 aliphatic rings. The van der Waals surface area contributed by atoms with E-state index in [1.54, 1.807) is 0 Å². The quantitative estimate of drug-likeness (QED) is 0.0818. The van der Waals surface area contributed by atoms with E-state index >= 15 is 0 Å². The van der Waals surface area contributed by atoms with Crippen LogP contribution in [0.25, 0.3) is 16.7 Å². The Kier molecular flexibility index (Phi) is 14.0. The van der Waals surface area contributed by atoms with Crippen LogP contribution in [-0.2, 0) is 0 Å². The van der Waals surface area contributed by atoms with Gasteiger partial charge in [-0.3, -0.25) is 0 Å². The predicted molar refractivity (Wildman–Crippen MR) is 260 cm³/mol. The summed E-state index contributed by atoms with van der Waals surface area (Å²) in [6.07, 6.45) is 33.5. The summed E-state index contributed by atoms with van der Waals surface area (Å²) in [5.41, 5.74) is 15.0. The molecule has 0 aliphatic heterocycles. The lowest BCUT2D eigenvalue weighted by Gasteiger charge is -2.27. The van der Waals surface area contributed by atoms with Gasteiger partial charge >= 0.3 is 0 Å². The van der Waals surface area contributed by atoms with Crippen molar-refractivity contribution in [3.05, 3.63) is 271 Å². The normalized spacial score (nSPS) is 16.0. The Balaban J connectivity index is 1.17. The third-order valence-corrected chi connectivity index (χ3v) is 11.0. The number of hydrogen-bond donors (Lipinski definition) is 0. The van der Waals surface area contributed by atoms with Crippen LogP contribution in [0.5, 0.6) is 0 Å². The Morgan fingerprint density at radius 2 is 1.23 bits per heavy atom. The average molecular weight is 779 g/mol. The van der Waals surface area contributed by atoms with Crippen molar-refractivity contribution in [1.82, 2.24) is 0 Å². The molecule has 0 radical (unpaired) electrons. The Morgan fingerprint density at radius 3 is 1.90 bits per heavy atom. The molecule has 0 fully saturated rings. The maximum absolute atomic E-state index is 4.32. The molecular formula is C58H54N2. The van der Waals surface area contributed by atoms with Gasteiger partial charge in [0, 0.05) is 40.1 Å². The fourth-order valence-corrected chi connectivity index (χ4v) is 7.75. The highest BCUT2D eigenvalue weighted by molar-refractivity contribution is 5.77. The molecule has 2 aliphatic carbocycles. The molecule has 5 aromatic carbocycles. The molecule has 0 bridgehead atoms. The Bertz CT molecular complexity index is 2540. The van der Waals surface area contributed by atoms with Gasteiger partial charge in [-0.2, -0.15) is 0 Å². The van der Waals surface area contributed by atoms with E-state index < -0.39 is 0 Å². The van der Waals surface area contributed by atoms with Gasteiger partial charge in [0.15, 0.2) is 0 Å². The SMILES string of the molecule is C=C/C(=C\C(=C/C)N(c1ccccc1)c1ccc(-c2ccccc2)cc1)C1C=CCC(c2cccc(N(/C(C=C)=C/C=C(\C)C3=CC=CCC=C3)c3ccccc3)c2)=CC1. The van der Waals surface area contributed by atoms with Crippen LogP contribution < -0.4 is 9.80 Å². The lowest BCUT2D eigenvalue weighted by atomic mass is 9.93. The van der Waals surface area contributed by atoms with Gasteiger partial charge in [0.1, 0.15) is 0 Å². The summed E-state index contributed by atoms with van der Waals surface area (Å²) in [4.78, 5) is 4.62. The topological polar surface area (TPSA) is 6.48 Å². The second-order valence-corrected chi connectivity index (χ2v) is 14.9. The first-order valence-electron chi connectivity index (χ1n) is 20.9. The van der Waals surface area contributed by atoms with Crippen molar-refractivity contribution in [3.63, 3.8) is 0 Å². The highest BCUT2D eigenvalue weighted by Gasteiger charge is 2.19. The molecule has 2 nitrogen and oxygen atoms in total. The zero-order valence-corrected chi connectivity index (χ0v) is 34.9. The van der Waals surface area contributed by atoms with Gasteiger partial charge in [0.05, 0.1) is 0 Å². The molecule has 0 saturated carbocycles. The molecule has 60 heavy (non-hydrogen) atoms. The average Bonchev–Trinajstić information content (AvgIpc) is 3.75. The number of hydrogen-bond acceptors (Lipinski definition) is 2. The lowest BCUT2D eigenvalue weighted by Crippen LogP contribution is -2.16. The van der Waals surface area contributed by atoms with Crippen LogP contribution in [0.1, 0.15) is 38.7 Å². The largest absolute Gasteiger partial charge is 0.311 e. The third-order valence-electron chi connectivity index (χ3n) is 11.0. The van der Waals surface area contributed by atoms with Gasteiger partial charge in [-0.15, -0.1) is 0 Å². The first-order chi connectivity index (χ1) is 29.6. The Morgan fingerprint density at radius 1 is 0.617 bits per heavy atom. The number of anilines is 4. The van der Waals surface area contributed by atoms with Crippen molar-refractivity contribution in [2.24, 2.45) is 5.92 Å². The molecule has 0 aromatic heterocycles.